The van der Waals surface area contributed by atoms with Crippen molar-refractivity contribution in [1.82, 2.24) is 15.2 Å². The fourth-order valence-corrected chi connectivity index (χ4v) is 2.42. The number of ether oxygens (including phenoxy) is 1. The SMILES string of the molecule is Clc1cccc(-c2nc(COc3nnc(-c4ccccc4)o3)co2)c1. The number of oxazole rings is 1. The molecule has 0 N–H and O–H groups in total. The standard InChI is InChI=1S/C18H12ClN3O3/c19-14-8-4-7-13(9-14)16-20-15(10-23-16)11-24-18-22-21-17(25-18)12-5-2-1-3-6-12/h1-10H,11H2. The molecule has 4 aromatic rings. The molecule has 0 bridgehead atoms. The third-order valence-corrected chi connectivity index (χ3v) is 3.63. The van der Waals surface area contributed by atoms with Crippen LogP contribution < -0.4 is 4.74 Å². The summed E-state index contributed by atoms with van der Waals surface area (Å²) in [6.07, 6.45) is 1.59. The van der Waals surface area contributed by atoms with E-state index in [1.165, 1.54) is 6.26 Å². The predicted molar refractivity (Wildman–Crippen MR) is 91.0 cm³/mol. The van der Waals surface area contributed by atoms with Crippen LogP contribution in [0.3, 0.4) is 0 Å². The summed E-state index contributed by atoms with van der Waals surface area (Å²) in [5.41, 5.74) is 2.23. The zero-order valence-electron chi connectivity index (χ0n) is 12.9. The zero-order valence-corrected chi connectivity index (χ0v) is 13.7. The molecule has 124 valence electrons. The summed E-state index contributed by atoms with van der Waals surface area (Å²) in [5.74, 6) is 0.868. The second-order valence-corrected chi connectivity index (χ2v) is 5.62. The molecule has 0 saturated heterocycles. The molecule has 2 aromatic carbocycles. The lowest BCUT2D eigenvalue weighted by atomic mass is 10.2. The molecule has 2 heterocycles. The first-order chi connectivity index (χ1) is 12.3. The number of hydrogen-bond acceptors (Lipinski definition) is 6. The van der Waals surface area contributed by atoms with Gasteiger partial charge >= 0.3 is 6.08 Å². The molecular formula is C18H12ClN3O3. The molecule has 2 aromatic heterocycles. The summed E-state index contributed by atoms with van der Waals surface area (Å²) in [4.78, 5) is 4.36. The highest BCUT2D eigenvalue weighted by Crippen LogP contribution is 2.23. The van der Waals surface area contributed by atoms with Crippen molar-refractivity contribution in [2.24, 2.45) is 0 Å². The average Bonchev–Trinajstić information content (AvgIpc) is 3.30. The number of aromatic nitrogens is 3. The van der Waals surface area contributed by atoms with E-state index in [0.717, 1.165) is 11.1 Å². The summed E-state index contributed by atoms with van der Waals surface area (Å²) in [6.45, 7) is 0.153. The Labute approximate surface area is 148 Å². The van der Waals surface area contributed by atoms with Crippen LogP contribution in [0.2, 0.25) is 5.02 Å². The van der Waals surface area contributed by atoms with E-state index in [1.807, 2.05) is 42.5 Å². The van der Waals surface area contributed by atoms with Crippen LogP contribution >= 0.6 is 11.6 Å². The highest BCUT2D eigenvalue weighted by atomic mass is 35.5. The van der Waals surface area contributed by atoms with E-state index in [1.54, 1.807) is 12.1 Å². The Morgan fingerprint density at radius 3 is 2.60 bits per heavy atom. The minimum absolute atomic E-state index is 0.0751. The van der Waals surface area contributed by atoms with E-state index in [0.29, 0.717) is 22.5 Å². The first-order valence-electron chi connectivity index (χ1n) is 7.50. The van der Waals surface area contributed by atoms with Crippen LogP contribution in [0, 0.1) is 0 Å². The van der Waals surface area contributed by atoms with Crippen LogP contribution in [-0.4, -0.2) is 15.2 Å². The average molecular weight is 354 g/mol. The quantitative estimate of drug-likeness (QED) is 0.521. The summed E-state index contributed by atoms with van der Waals surface area (Å²) < 4.78 is 16.4. The van der Waals surface area contributed by atoms with Crippen molar-refractivity contribution in [3.63, 3.8) is 0 Å². The number of nitrogens with zero attached hydrogens (tertiary/aromatic N) is 3. The lowest BCUT2D eigenvalue weighted by molar-refractivity contribution is 0.219. The van der Waals surface area contributed by atoms with Crippen LogP contribution in [-0.2, 0) is 6.61 Å². The Morgan fingerprint density at radius 2 is 1.76 bits per heavy atom. The van der Waals surface area contributed by atoms with E-state index in [2.05, 4.69) is 15.2 Å². The van der Waals surface area contributed by atoms with E-state index in [4.69, 9.17) is 25.2 Å². The van der Waals surface area contributed by atoms with Gasteiger partial charge in [-0.15, -0.1) is 5.10 Å². The fraction of sp³-hybridized carbons (Fsp3) is 0.0556. The maximum absolute atomic E-state index is 5.97. The van der Waals surface area contributed by atoms with Crippen molar-refractivity contribution < 1.29 is 13.6 Å². The largest absolute Gasteiger partial charge is 0.444 e. The van der Waals surface area contributed by atoms with E-state index >= 15 is 0 Å². The number of halogens is 1. The van der Waals surface area contributed by atoms with Crippen molar-refractivity contribution in [2.75, 3.05) is 0 Å². The smallest absolute Gasteiger partial charge is 0.415 e. The molecule has 0 amide bonds. The molecule has 6 nitrogen and oxygen atoms in total. The van der Waals surface area contributed by atoms with Crippen LogP contribution in [0.25, 0.3) is 22.9 Å². The first-order valence-corrected chi connectivity index (χ1v) is 7.88. The molecule has 0 fully saturated rings. The summed E-state index contributed by atoms with van der Waals surface area (Å²) in [6, 6.07) is 16.7. The fourth-order valence-electron chi connectivity index (χ4n) is 2.23. The van der Waals surface area contributed by atoms with Crippen molar-refractivity contribution in [3.05, 3.63) is 71.6 Å². The van der Waals surface area contributed by atoms with Gasteiger partial charge in [-0.25, -0.2) is 4.98 Å². The van der Waals surface area contributed by atoms with E-state index in [9.17, 15) is 0 Å². The lowest BCUT2D eigenvalue weighted by Crippen LogP contribution is -1.95. The monoisotopic (exact) mass is 353 g/mol. The second kappa shape index (κ2) is 6.78. The minimum Gasteiger partial charge on any atom is -0.444 e. The molecule has 0 aliphatic heterocycles. The molecule has 0 aliphatic rings. The van der Waals surface area contributed by atoms with Gasteiger partial charge < -0.3 is 13.6 Å². The van der Waals surface area contributed by atoms with Gasteiger partial charge in [0.25, 0.3) is 5.89 Å². The van der Waals surface area contributed by atoms with Gasteiger partial charge in [-0.1, -0.05) is 41.0 Å². The van der Waals surface area contributed by atoms with Crippen molar-refractivity contribution in [1.29, 1.82) is 0 Å². The highest BCUT2D eigenvalue weighted by molar-refractivity contribution is 6.30. The maximum Gasteiger partial charge on any atom is 0.415 e. The molecule has 0 unspecified atom stereocenters. The summed E-state index contributed by atoms with van der Waals surface area (Å²) in [5, 5.41) is 8.45. The van der Waals surface area contributed by atoms with Gasteiger partial charge in [0.15, 0.2) is 0 Å². The lowest BCUT2D eigenvalue weighted by Gasteiger charge is -1.97. The van der Waals surface area contributed by atoms with Gasteiger partial charge in [-0.2, -0.15) is 0 Å². The van der Waals surface area contributed by atoms with Crippen LogP contribution in [0.1, 0.15) is 5.69 Å². The molecule has 0 atom stereocenters. The zero-order chi connectivity index (χ0) is 17.1. The van der Waals surface area contributed by atoms with Gasteiger partial charge in [-0.3, -0.25) is 0 Å². The molecule has 25 heavy (non-hydrogen) atoms. The molecule has 0 spiro atoms. The molecule has 0 aliphatic carbocycles. The Balaban J connectivity index is 1.43. The minimum atomic E-state index is 0.0751. The Morgan fingerprint density at radius 1 is 0.920 bits per heavy atom. The normalized spacial score (nSPS) is 10.8. The highest BCUT2D eigenvalue weighted by Gasteiger charge is 2.12. The third kappa shape index (κ3) is 3.54. The third-order valence-electron chi connectivity index (χ3n) is 3.39. The van der Waals surface area contributed by atoms with Crippen molar-refractivity contribution in [2.45, 2.75) is 6.61 Å². The molecule has 0 radical (unpaired) electrons. The van der Waals surface area contributed by atoms with Crippen molar-refractivity contribution >= 4 is 11.6 Å². The Bertz CT molecular complexity index is 982. The number of rotatable bonds is 5. The number of benzene rings is 2. The van der Waals surface area contributed by atoms with Gasteiger partial charge in [0.1, 0.15) is 18.6 Å². The molecular weight excluding hydrogens is 342 g/mol. The molecule has 0 saturated carbocycles. The topological polar surface area (TPSA) is 74.2 Å². The molecule has 4 rings (SSSR count). The van der Waals surface area contributed by atoms with Gasteiger partial charge in [-0.05, 0) is 30.3 Å². The van der Waals surface area contributed by atoms with Crippen LogP contribution in [0.15, 0.2) is 69.7 Å². The van der Waals surface area contributed by atoms with E-state index < -0.39 is 0 Å². The maximum atomic E-state index is 5.97. The predicted octanol–water partition coefficient (Wildman–Crippen LogP) is 4.62. The van der Waals surface area contributed by atoms with Gasteiger partial charge in [0, 0.05) is 16.1 Å². The first kappa shape index (κ1) is 15.4. The Hall–Kier alpha value is -3.12. The Kier molecular flexibility index (Phi) is 4.18. The van der Waals surface area contributed by atoms with E-state index in [-0.39, 0.29) is 12.7 Å². The van der Waals surface area contributed by atoms with Gasteiger partial charge in [0.05, 0.1) is 0 Å². The number of hydrogen-bond donors (Lipinski definition) is 0. The summed E-state index contributed by atoms with van der Waals surface area (Å²) >= 11 is 5.97. The second-order valence-electron chi connectivity index (χ2n) is 5.18. The molecule has 7 heteroatoms. The van der Waals surface area contributed by atoms with Crippen LogP contribution in [0.5, 0.6) is 6.08 Å². The van der Waals surface area contributed by atoms with Crippen molar-refractivity contribution in [3.8, 4) is 29.0 Å². The summed E-state index contributed by atoms with van der Waals surface area (Å²) in [7, 11) is 0. The van der Waals surface area contributed by atoms with Crippen LogP contribution in [0.4, 0.5) is 0 Å². The van der Waals surface area contributed by atoms with Gasteiger partial charge in [0.2, 0.25) is 5.89 Å².